The molecule has 0 saturated heterocycles. The zero-order valence-corrected chi connectivity index (χ0v) is 9.60. The summed E-state index contributed by atoms with van der Waals surface area (Å²) >= 11 is 0. The second-order valence-corrected chi connectivity index (χ2v) is 3.99. The van der Waals surface area contributed by atoms with Crippen molar-refractivity contribution in [3.05, 3.63) is 10.1 Å². The van der Waals surface area contributed by atoms with Crippen molar-refractivity contribution >= 4 is 11.7 Å². The van der Waals surface area contributed by atoms with Crippen LogP contribution in [0.15, 0.2) is 5.16 Å². The third-order valence-corrected chi connectivity index (χ3v) is 2.12. The Bertz CT molecular complexity index is 298. The number of nitrogens with zero attached hydrogens (tertiary/aromatic N) is 2. The van der Waals surface area contributed by atoms with Gasteiger partial charge in [0.15, 0.2) is 0 Å². The highest BCUT2D eigenvalue weighted by atomic mass is 16.6. The molecule has 0 aromatic heterocycles. The Kier molecular flexibility index (Phi) is 5.41. The van der Waals surface area contributed by atoms with E-state index in [4.69, 9.17) is 5.21 Å². The summed E-state index contributed by atoms with van der Waals surface area (Å²) in [7, 11) is 1.25. The number of rotatable bonds is 6. The van der Waals surface area contributed by atoms with Gasteiger partial charge in [-0.25, -0.2) is 0 Å². The molecule has 0 atom stereocenters. The van der Waals surface area contributed by atoms with Gasteiger partial charge in [0.2, 0.25) is 5.54 Å². The smallest absolute Gasteiger partial charge is 0.305 e. The minimum absolute atomic E-state index is 0.00645. The van der Waals surface area contributed by atoms with Crippen LogP contribution in [0.5, 0.6) is 0 Å². The van der Waals surface area contributed by atoms with Crippen LogP contribution in [0.4, 0.5) is 0 Å². The fraction of sp³-hybridized carbons (Fsp3) is 0.778. The van der Waals surface area contributed by atoms with E-state index in [1.165, 1.54) is 21.0 Å². The summed E-state index contributed by atoms with van der Waals surface area (Å²) in [5.41, 5.74) is -0.996. The maximum atomic E-state index is 10.8. The lowest BCUT2D eigenvalue weighted by molar-refractivity contribution is -0.558. The average molecular weight is 232 g/mol. The maximum Gasteiger partial charge on any atom is 0.305 e. The number of nitro groups is 1. The molecule has 0 amide bonds. The molecule has 0 heterocycles. The number of hydrogen-bond donors (Lipinski definition) is 1. The molecule has 7 nitrogen and oxygen atoms in total. The number of oxime groups is 1. The quantitative estimate of drug-likeness (QED) is 0.244. The highest BCUT2D eigenvalue weighted by Gasteiger charge is 2.32. The van der Waals surface area contributed by atoms with E-state index in [2.05, 4.69) is 9.89 Å². The highest BCUT2D eigenvalue weighted by Crippen LogP contribution is 2.16. The van der Waals surface area contributed by atoms with Crippen molar-refractivity contribution in [2.24, 2.45) is 5.16 Å². The van der Waals surface area contributed by atoms with Gasteiger partial charge in [-0.05, 0) is 6.42 Å². The molecule has 16 heavy (non-hydrogen) atoms. The molecule has 0 fully saturated rings. The van der Waals surface area contributed by atoms with Gasteiger partial charge >= 0.3 is 5.97 Å². The van der Waals surface area contributed by atoms with Gasteiger partial charge in [-0.1, -0.05) is 5.16 Å². The Labute approximate surface area is 93.2 Å². The van der Waals surface area contributed by atoms with Crippen LogP contribution in [0.25, 0.3) is 0 Å². The van der Waals surface area contributed by atoms with Crippen LogP contribution in [0.3, 0.4) is 0 Å². The molecule has 0 unspecified atom stereocenters. The SMILES string of the molecule is COC(=O)CC/C(CC(C)(C)[N+](=O)[O-])=N\O. The Hall–Kier alpha value is -1.66. The van der Waals surface area contributed by atoms with Gasteiger partial charge < -0.3 is 9.94 Å². The summed E-state index contributed by atoms with van der Waals surface area (Å²) in [6.45, 7) is 2.85. The monoisotopic (exact) mass is 232 g/mol. The molecule has 0 saturated carbocycles. The van der Waals surface area contributed by atoms with Gasteiger partial charge in [0.1, 0.15) is 0 Å². The largest absolute Gasteiger partial charge is 0.469 e. The normalized spacial score (nSPS) is 12.3. The molecule has 0 radical (unpaired) electrons. The number of carbonyl (C=O) groups excluding carboxylic acids is 1. The Morgan fingerprint density at radius 1 is 1.50 bits per heavy atom. The second kappa shape index (κ2) is 6.04. The predicted molar refractivity (Wildman–Crippen MR) is 56.2 cm³/mol. The first kappa shape index (κ1) is 14.3. The maximum absolute atomic E-state index is 10.8. The van der Waals surface area contributed by atoms with Gasteiger partial charge in [0.25, 0.3) is 0 Å². The van der Waals surface area contributed by atoms with Gasteiger partial charge in [-0.3, -0.25) is 14.9 Å². The first-order valence-electron chi connectivity index (χ1n) is 4.74. The molecule has 0 bridgehead atoms. The van der Waals surface area contributed by atoms with Crippen molar-refractivity contribution in [2.75, 3.05) is 7.11 Å². The van der Waals surface area contributed by atoms with Crippen molar-refractivity contribution in [3.8, 4) is 0 Å². The third kappa shape index (κ3) is 4.72. The van der Waals surface area contributed by atoms with Crippen LogP contribution < -0.4 is 0 Å². The van der Waals surface area contributed by atoms with E-state index in [0.717, 1.165) is 0 Å². The lowest BCUT2D eigenvalue weighted by Gasteiger charge is -2.15. The molecule has 0 rings (SSSR count). The summed E-state index contributed by atoms with van der Waals surface area (Å²) in [6.07, 6.45) is 0.192. The number of carbonyl (C=O) groups is 1. The average Bonchev–Trinajstić information content (AvgIpc) is 2.23. The molecular weight excluding hydrogens is 216 g/mol. The van der Waals surface area contributed by atoms with Crippen LogP contribution in [0.2, 0.25) is 0 Å². The predicted octanol–water partition coefficient (Wildman–Crippen LogP) is 1.22. The Morgan fingerprint density at radius 3 is 2.44 bits per heavy atom. The van der Waals surface area contributed by atoms with Crippen molar-refractivity contribution in [2.45, 2.75) is 38.6 Å². The van der Waals surface area contributed by atoms with E-state index in [1.807, 2.05) is 0 Å². The molecule has 1 N–H and O–H groups in total. The van der Waals surface area contributed by atoms with Crippen molar-refractivity contribution in [1.82, 2.24) is 0 Å². The third-order valence-electron chi connectivity index (χ3n) is 2.12. The molecule has 0 spiro atoms. The topological polar surface area (TPSA) is 102 Å². The zero-order chi connectivity index (χ0) is 12.8. The zero-order valence-electron chi connectivity index (χ0n) is 9.60. The molecular formula is C9H16N2O5. The summed E-state index contributed by atoms with van der Waals surface area (Å²) in [4.78, 5) is 21.0. The van der Waals surface area contributed by atoms with Crippen LogP contribution >= 0.6 is 0 Å². The number of esters is 1. The Balaban J connectivity index is 4.33. The fourth-order valence-electron chi connectivity index (χ4n) is 1.09. The van der Waals surface area contributed by atoms with Crippen molar-refractivity contribution in [1.29, 1.82) is 0 Å². The fourth-order valence-corrected chi connectivity index (χ4v) is 1.09. The van der Waals surface area contributed by atoms with Gasteiger partial charge in [-0.2, -0.15) is 0 Å². The van der Waals surface area contributed by atoms with Crippen molar-refractivity contribution < 1.29 is 19.7 Å². The van der Waals surface area contributed by atoms with Crippen LogP contribution in [0.1, 0.15) is 33.1 Å². The van der Waals surface area contributed by atoms with Crippen LogP contribution in [-0.4, -0.2) is 34.5 Å². The standard InChI is InChI=1S/C9H16N2O5/c1-9(2,11(14)15)6-7(10-13)4-5-8(12)16-3/h13H,4-6H2,1-3H3/b10-7+. The molecule has 92 valence electrons. The molecule has 0 aromatic carbocycles. The van der Waals surface area contributed by atoms with Crippen molar-refractivity contribution in [3.63, 3.8) is 0 Å². The lowest BCUT2D eigenvalue weighted by Crippen LogP contribution is -2.33. The molecule has 0 aliphatic heterocycles. The van der Waals surface area contributed by atoms with E-state index in [1.54, 1.807) is 0 Å². The highest BCUT2D eigenvalue weighted by molar-refractivity contribution is 5.87. The number of methoxy groups -OCH3 is 1. The Morgan fingerprint density at radius 2 is 2.06 bits per heavy atom. The first-order valence-corrected chi connectivity index (χ1v) is 4.74. The summed E-state index contributed by atoms with van der Waals surface area (Å²) in [5.74, 6) is -0.444. The number of hydrogen-bond acceptors (Lipinski definition) is 6. The van der Waals surface area contributed by atoms with Crippen LogP contribution in [0, 0.1) is 10.1 Å². The second-order valence-electron chi connectivity index (χ2n) is 3.99. The minimum atomic E-state index is -1.21. The van der Waals surface area contributed by atoms with E-state index < -0.39 is 16.4 Å². The van der Waals surface area contributed by atoms with E-state index in [0.29, 0.717) is 0 Å². The minimum Gasteiger partial charge on any atom is -0.469 e. The molecule has 0 aliphatic rings. The van der Waals surface area contributed by atoms with Gasteiger partial charge in [0.05, 0.1) is 25.7 Å². The van der Waals surface area contributed by atoms with E-state index in [9.17, 15) is 14.9 Å². The number of ether oxygens (including phenoxy) is 1. The first-order chi connectivity index (χ1) is 7.33. The molecule has 0 aliphatic carbocycles. The van der Waals surface area contributed by atoms with Gasteiger partial charge in [0, 0.05) is 18.8 Å². The summed E-state index contributed by atoms with van der Waals surface area (Å²) < 4.78 is 4.41. The molecule has 0 aromatic rings. The van der Waals surface area contributed by atoms with Crippen LogP contribution in [-0.2, 0) is 9.53 Å². The summed E-state index contributed by atoms with van der Waals surface area (Å²) in [6, 6.07) is 0. The van der Waals surface area contributed by atoms with E-state index >= 15 is 0 Å². The molecule has 7 heteroatoms. The van der Waals surface area contributed by atoms with E-state index in [-0.39, 0.29) is 25.0 Å². The summed E-state index contributed by atoms with van der Waals surface area (Å²) in [5, 5.41) is 22.3. The van der Waals surface area contributed by atoms with Gasteiger partial charge in [-0.15, -0.1) is 0 Å². The lowest BCUT2D eigenvalue weighted by atomic mass is 9.96.